The number of amides is 1. The lowest BCUT2D eigenvalue weighted by Gasteiger charge is -2.35. The summed E-state index contributed by atoms with van der Waals surface area (Å²) in [6.45, 7) is 4.03. The average Bonchev–Trinajstić information content (AvgIpc) is 3.16. The van der Waals surface area contributed by atoms with E-state index in [1.165, 1.54) is 13.2 Å². The van der Waals surface area contributed by atoms with Crippen molar-refractivity contribution >= 4 is 5.91 Å². The maximum Gasteiger partial charge on any atom is 0.231 e. The molecule has 0 bridgehead atoms. The molecule has 0 aromatic heterocycles. The molecule has 2 aliphatic heterocycles. The Hall–Kier alpha value is -2.80. The third-order valence-corrected chi connectivity index (χ3v) is 5.14. The number of hydrogen-bond acceptors (Lipinski definition) is 5. The van der Waals surface area contributed by atoms with Gasteiger partial charge in [0, 0.05) is 32.7 Å². The van der Waals surface area contributed by atoms with Gasteiger partial charge < -0.3 is 19.1 Å². The van der Waals surface area contributed by atoms with E-state index < -0.39 is 5.82 Å². The van der Waals surface area contributed by atoms with Gasteiger partial charge in [-0.15, -0.1) is 0 Å². The highest BCUT2D eigenvalue weighted by Gasteiger charge is 2.22. The van der Waals surface area contributed by atoms with E-state index in [-0.39, 0.29) is 24.9 Å². The summed E-state index contributed by atoms with van der Waals surface area (Å²) in [6, 6.07) is 10.6. The molecule has 0 spiro atoms. The Morgan fingerprint density at radius 1 is 1.04 bits per heavy atom. The monoisotopic (exact) mass is 386 g/mol. The van der Waals surface area contributed by atoms with E-state index in [1.54, 1.807) is 12.1 Å². The molecule has 0 N–H and O–H groups in total. The van der Waals surface area contributed by atoms with E-state index in [2.05, 4.69) is 4.90 Å². The molecule has 0 atom stereocenters. The molecular weight excluding hydrogens is 363 g/mol. The standard InChI is InChI=1S/C21H23FN2O4/c1-26-18-4-2-15(10-17(18)22)12-21(25)24-8-6-23(7-9-24)13-16-3-5-19-20(11-16)28-14-27-19/h2-5,10-11H,6-9,12-14H2,1H3. The third-order valence-electron chi connectivity index (χ3n) is 5.14. The van der Waals surface area contributed by atoms with Crippen molar-refractivity contribution in [2.45, 2.75) is 13.0 Å². The van der Waals surface area contributed by atoms with Crippen molar-refractivity contribution in [3.8, 4) is 17.2 Å². The number of rotatable bonds is 5. The van der Waals surface area contributed by atoms with Gasteiger partial charge in [-0.05, 0) is 35.4 Å². The molecule has 4 rings (SSSR count). The Labute approximate surface area is 163 Å². The zero-order valence-corrected chi connectivity index (χ0v) is 15.8. The normalized spacial score (nSPS) is 16.3. The Balaban J connectivity index is 1.29. The van der Waals surface area contributed by atoms with Gasteiger partial charge in [0.25, 0.3) is 0 Å². The fraction of sp³-hybridized carbons (Fsp3) is 0.381. The van der Waals surface area contributed by atoms with Crippen molar-refractivity contribution in [3.63, 3.8) is 0 Å². The van der Waals surface area contributed by atoms with Crippen LogP contribution in [0, 0.1) is 5.82 Å². The summed E-state index contributed by atoms with van der Waals surface area (Å²) in [7, 11) is 1.42. The van der Waals surface area contributed by atoms with Gasteiger partial charge in [0.1, 0.15) is 0 Å². The second-order valence-electron chi connectivity index (χ2n) is 6.99. The van der Waals surface area contributed by atoms with Crippen molar-refractivity contribution in [1.29, 1.82) is 0 Å². The van der Waals surface area contributed by atoms with Crippen LogP contribution in [0.25, 0.3) is 0 Å². The van der Waals surface area contributed by atoms with Crippen LogP contribution < -0.4 is 14.2 Å². The summed E-state index contributed by atoms with van der Waals surface area (Å²) in [5.41, 5.74) is 1.82. The van der Waals surface area contributed by atoms with Gasteiger partial charge in [-0.2, -0.15) is 0 Å². The number of halogens is 1. The first-order valence-corrected chi connectivity index (χ1v) is 9.33. The molecule has 0 aliphatic carbocycles. The number of carbonyl (C=O) groups excluding carboxylic acids is 1. The molecule has 0 radical (unpaired) electrons. The van der Waals surface area contributed by atoms with Gasteiger partial charge in [0.05, 0.1) is 13.5 Å². The van der Waals surface area contributed by atoms with E-state index in [4.69, 9.17) is 14.2 Å². The van der Waals surface area contributed by atoms with Crippen LogP contribution in [0.1, 0.15) is 11.1 Å². The lowest BCUT2D eigenvalue weighted by atomic mass is 10.1. The molecule has 148 valence electrons. The van der Waals surface area contributed by atoms with Crippen molar-refractivity contribution in [1.82, 2.24) is 9.80 Å². The van der Waals surface area contributed by atoms with Gasteiger partial charge in [0.15, 0.2) is 23.1 Å². The SMILES string of the molecule is COc1ccc(CC(=O)N2CCN(Cc3ccc4c(c3)OCO4)CC2)cc1F. The van der Waals surface area contributed by atoms with Crippen LogP contribution in [-0.2, 0) is 17.8 Å². The highest BCUT2D eigenvalue weighted by atomic mass is 19.1. The minimum atomic E-state index is -0.443. The Morgan fingerprint density at radius 3 is 2.54 bits per heavy atom. The Bertz CT molecular complexity index is 865. The average molecular weight is 386 g/mol. The van der Waals surface area contributed by atoms with Crippen LogP contribution in [-0.4, -0.2) is 55.8 Å². The summed E-state index contributed by atoms with van der Waals surface area (Å²) in [6.07, 6.45) is 0.197. The van der Waals surface area contributed by atoms with E-state index >= 15 is 0 Å². The minimum absolute atomic E-state index is 0.0206. The number of nitrogens with zero attached hydrogens (tertiary/aromatic N) is 2. The molecule has 6 nitrogen and oxygen atoms in total. The number of ether oxygens (including phenoxy) is 3. The van der Waals surface area contributed by atoms with Crippen molar-refractivity contribution in [3.05, 3.63) is 53.3 Å². The summed E-state index contributed by atoms with van der Waals surface area (Å²) >= 11 is 0. The number of hydrogen-bond donors (Lipinski definition) is 0. The molecule has 0 saturated carbocycles. The van der Waals surface area contributed by atoms with Crippen LogP contribution >= 0.6 is 0 Å². The summed E-state index contributed by atoms with van der Waals surface area (Å²) in [4.78, 5) is 16.7. The highest BCUT2D eigenvalue weighted by Crippen LogP contribution is 2.32. The first-order chi connectivity index (χ1) is 13.6. The molecule has 1 fully saturated rings. The van der Waals surface area contributed by atoms with Gasteiger partial charge in [-0.25, -0.2) is 4.39 Å². The van der Waals surface area contributed by atoms with Crippen LogP contribution in [0.4, 0.5) is 4.39 Å². The number of benzene rings is 2. The van der Waals surface area contributed by atoms with E-state index in [9.17, 15) is 9.18 Å². The number of piperazine rings is 1. The lowest BCUT2D eigenvalue weighted by Crippen LogP contribution is -2.48. The van der Waals surface area contributed by atoms with E-state index in [1.807, 2.05) is 23.1 Å². The van der Waals surface area contributed by atoms with Gasteiger partial charge in [0.2, 0.25) is 12.7 Å². The third kappa shape index (κ3) is 4.04. The van der Waals surface area contributed by atoms with E-state index in [0.717, 1.165) is 36.7 Å². The largest absolute Gasteiger partial charge is 0.494 e. The first-order valence-electron chi connectivity index (χ1n) is 9.33. The van der Waals surface area contributed by atoms with Crippen molar-refractivity contribution in [2.75, 3.05) is 40.1 Å². The quantitative estimate of drug-likeness (QED) is 0.790. The minimum Gasteiger partial charge on any atom is -0.494 e. The lowest BCUT2D eigenvalue weighted by molar-refractivity contribution is -0.132. The fourth-order valence-corrected chi connectivity index (χ4v) is 3.56. The zero-order chi connectivity index (χ0) is 19.5. The predicted molar refractivity (Wildman–Crippen MR) is 101 cm³/mol. The van der Waals surface area contributed by atoms with Gasteiger partial charge >= 0.3 is 0 Å². The van der Waals surface area contributed by atoms with Crippen molar-refractivity contribution < 1.29 is 23.4 Å². The topological polar surface area (TPSA) is 51.2 Å². The second-order valence-corrected chi connectivity index (χ2v) is 6.99. The molecule has 7 heteroatoms. The van der Waals surface area contributed by atoms with Crippen molar-refractivity contribution in [2.24, 2.45) is 0 Å². The maximum absolute atomic E-state index is 13.8. The maximum atomic E-state index is 13.8. The smallest absolute Gasteiger partial charge is 0.231 e. The number of fused-ring (bicyclic) bond motifs is 1. The summed E-state index contributed by atoms with van der Waals surface area (Å²) in [5.74, 6) is 1.34. The fourth-order valence-electron chi connectivity index (χ4n) is 3.56. The molecule has 2 aromatic rings. The Kier molecular flexibility index (Phi) is 5.34. The van der Waals surface area contributed by atoms with Gasteiger partial charge in [-0.1, -0.05) is 12.1 Å². The molecule has 1 saturated heterocycles. The highest BCUT2D eigenvalue weighted by molar-refractivity contribution is 5.79. The van der Waals surface area contributed by atoms with E-state index in [0.29, 0.717) is 18.7 Å². The van der Waals surface area contributed by atoms with Gasteiger partial charge in [-0.3, -0.25) is 9.69 Å². The Morgan fingerprint density at radius 2 is 1.79 bits per heavy atom. The zero-order valence-electron chi connectivity index (χ0n) is 15.8. The molecule has 1 amide bonds. The number of carbonyl (C=O) groups is 1. The molecule has 2 aliphatic rings. The molecule has 28 heavy (non-hydrogen) atoms. The molecule has 2 aromatic carbocycles. The molecule has 2 heterocycles. The van der Waals surface area contributed by atoms with Crippen LogP contribution in [0.5, 0.6) is 17.2 Å². The number of methoxy groups -OCH3 is 1. The molecular formula is C21H23FN2O4. The summed E-state index contributed by atoms with van der Waals surface area (Å²) in [5, 5.41) is 0. The first kappa shape index (κ1) is 18.6. The molecule has 0 unspecified atom stereocenters. The predicted octanol–water partition coefficient (Wildman–Crippen LogP) is 2.45. The van der Waals surface area contributed by atoms with Crippen LogP contribution in [0.3, 0.4) is 0 Å². The second kappa shape index (κ2) is 8.06. The summed E-state index contributed by atoms with van der Waals surface area (Å²) < 4.78 is 29.5. The van der Waals surface area contributed by atoms with Crippen LogP contribution in [0.15, 0.2) is 36.4 Å². The van der Waals surface area contributed by atoms with Crippen LogP contribution in [0.2, 0.25) is 0 Å².